The molecule has 0 aliphatic rings. The summed E-state index contributed by atoms with van der Waals surface area (Å²) >= 11 is 0. The topological polar surface area (TPSA) is 75.4 Å². The van der Waals surface area contributed by atoms with Gasteiger partial charge in [0.05, 0.1) is 6.04 Å². The monoisotopic (exact) mass is 389 g/mol. The molecule has 0 aliphatic carbocycles. The number of amides is 2. The van der Waals surface area contributed by atoms with Crippen LogP contribution >= 0.6 is 0 Å². The van der Waals surface area contributed by atoms with Crippen LogP contribution in [0.3, 0.4) is 0 Å². The molecule has 5 nitrogen and oxygen atoms in total. The van der Waals surface area contributed by atoms with E-state index in [1.54, 1.807) is 4.90 Å². The van der Waals surface area contributed by atoms with Crippen LogP contribution in [0, 0.1) is 0 Å². The number of fused-ring (bicyclic) bond motifs is 1. The van der Waals surface area contributed by atoms with Crippen molar-refractivity contribution in [3.63, 3.8) is 0 Å². The molecule has 0 aromatic heterocycles. The van der Waals surface area contributed by atoms with E-state index >= 15 is 0 Å². The number of hydrogen-bond acceptors (Lipinski definition) is 3. The lowest BCUT2D eigenvalue weighted by molar-refractivity contribution is -0.130. The standard InChI is InChI=1S/C24H27N3O2/c1-18(28)27(17-19-7-3-2-4-8-19)14-13-24(29)26-23(16-25)22-12-11-20-9-5-6-10-21(20)15-22/h2-12,15,23H,13-14,16-17,25H2,1H3,(H,26,29). The molecule has 0 spiro atoms. The second-order valence-electron chi connectivity index (χ2n) is 7.14. The lowest BCUT2D eigenvalue weighted by Gasteiger charge is -2.22. The van der Waals surface area contributed by atoms with Gasteiger partial charge in [-0.15, -0.1) is 0 Å². The van der Waals surface area contributed by atoms with Gasteiger partial charge >= 0.3 is 0 Å². The number of rotatable bonds is 8. The number of benzene rings is 3. The molecule has 5 heteroatoms. The molecule has 0 bridgehead atoms. The van der Waals surface area contributed by atoms with Gasteiger partial charge in [-0.05, 0) is 28.0 Å². The first-order valence-corrected chi connectivity index (χ1v) is 9.84. The van der Waals surface area contributed by atoms with E-state index in [1.807, 2.05) is 60.7 Å². The predicted octanol–water partition coefficient (Wildman–Crippen LogP) is 3.39. The van der Waals surface area contributed by atoms with E-state index in [1.165, 1.54) is 6.92 Å². The molecule has 0 saturated heterocycles. The minimum atomic E-state index is -0.257. The Morgan fingerprint density at radius 1 is 0.966 bits per heavy atom. The van der Waals surface area contributed by atoms with E-state index in [2.05, 4.69) is 17.4 Å². The fourth-order valence-electron chi connectivity index (χ4n) is 3.36. The SMILES string of the molecule is CC(=O)N(CCC(=O)NC(CN)c1ccc2ccccc2c1)Cc1ccccc1. The van der Waals surface area contributed by atoms with Gasteiger partial charge in [-0.2, -0.15) is 0 Å². The molecule has 29 heavy (non-hydrogen) atoms. The number of hydrogen-bond donors (Lipinski definition) is 2. The van der Waals surface area contributed by atoms with Crippen molar-refractivity contribution < 1.29 is 9.59 Å². The predicted molar refractivity (Wildman–Crippen MR) is 116 cm³/mol. The summed E-state index contributed by atoms with van der Waals surface area (Å²) < 4.78 is 0. The smallest absolute Gasteiger partial charge is 0.222 e. The zero-order valence-electron chi connectivity index (χ0n) is 16.7. The maximum absolute atomic E-state index is 12.5. The molecule has 1 atom stereocenters. The molecule has 0 aliphatic heterocycles. The van der Waals surface area contributed by atoms with Gasteiger partial charge in [0.15, 0.2) is 0 Å². The number of nitrogens with one attached hydrogen (secondary N) is 1. The Balaban J connectivity index is 1.60. The molecule has 1 unspecified atom stereocenters. The summed E-state index contributed by atoms with van der Waals surface area (Å²) in [6.07, 6.45) is 0.233. The van der Waals surface area contributed by atoms with Crippen LogP contribution in [0.15, 0.2) is 72.8 Å². The van der Waals surface area contributed by atoms with Crippen LogP contribution in [0.5, 0.6) is 0 Å². The van der Waals surface area contributed by atoms with E-state index in [0.29, 0.717) is 19.6 Å². The zero-order valence-corrected chi connectivity index (χ0v) is 16.7. The molecular weight excluding hydrogens is 362 g/mol. The maximum Gasteiger partial charge on any atom is 0.222 e. The third-order valence-corrected chi connectivity index (χ3v) is 5.02. The van der Waals surface area contributed by atoms with Gasteiger partial charge < -0.3 is 16.0 Å². The number of carbonyl (C=O) groups is 2. The largest absolute Gasteiger partial charge is 0.348 e. The normalized spacial score (nSPS) is 11.8. The van der Waals surface area contributed by atoms with Crippen LogP contribution in [0.2, 0.25) is 0 Å². The van der Waals surface area contributed by atoms with E-state index < -0.39 is 0 Å². The van der Waals surface area contributed by atoms with Crippen molar-refractivity contribution in [2.75, 3.05) is 13.1 Å². The first kappa shape index (κ1) is 20.6. The van der Waals surface area contributed by atoms with Crippen molar-refractivity contribution in [1.82, 2.24) is 10.2 Å². The van der Waals surface area contributed by atoms with Crippen LogP contribution < -0.4 is 11.1 Å². The molecule has 2 amide bonds. The highest BCUT2D eigenvalue weighted by atomic mass is 16.2. The van der Waals surface area contributed by atoms with Gasteiger partial charge in [-0.1, -0.05) is 66.7 Å². The number of nitrogens with two attached hydrogens (primary N) is 1. The minimum Gasteiger partial charge on any atom is -0.348 e. The van der Waals surface area contributed by atoms with Crippen LogP contribution in [-0.2, 0) is 16.1 Å². The van der Waals surface area contributed by atoms with Gasteiger partial charge in [0, 0.05) is 33.0 Å². The van der Waals surface area contributed by atoms with Crippen molar-refractivity contribution in [2.45, 2.75) is 25.9 Å². The minimum absolute atomic E-state index is 0.0495. The molecule has 3 aromatic rings. The lowest BCUT2D eigenvalue weighted by Crippen LogP contribution is -2.37. The molecule has 3 aromatic carbocycles. The van der Waals surface area contributed by atoms with Gasteiger partial charge in [0.25, 0.3) is 0 Å². The van der Waals surface area contributed by atoms with Crippen molar-refractivity contribution in [3.05, 3.63) is 83.9 Å². The van der Waals surface area contributed by atoms with E-state index in [9.17, 15) is 9.59 Å². The number of carbonyl (C=O) groups excluding carboxylic acids is 2. The van der Waals surface area contributed by atoms with E-state index in [-0.39, 0.29) is 24.3 Å². The summed E-state index contributed by atoms with van der Waals surface area (Å²) in [5, 5.41) is 5.27. The Kier molecular flexibility index (Phi) is 6.98. The molecule has 0 heterocycles. The van der Waals surface area contributed by atoms with Gasteiger partial charge in [0.1, 0.15) is 0 Å². The summed E-state index contributed by atoms with van der Waals surface area (Å²) in [6.45, 7) is 2.70. The highest BCUT2D eigenvalue weighted by Gasteiger charge is 2.16. The van der Waals surface area contributed by atoms with Crippen molar-refractivity contribution >= 4 is 22.6 Å². The average molecular weight is 389 g/mol. The van der Waals surface area contributed by atoms with Crippen LogP contribution in [0.4, 0.5) is 0 Å². The molecule has 3 rings (SSSR count). The summed E-state index contributed by atoms with van der Waals surface area (Å²) in [4.78, 5) is 26.2. The second-order valence-corrected chi connectivity index (χ2v) is 7.14. The van der Waals surface area contributed by atoms with Gasteiger partial charge in [0.2, 0.25) is 11.8 Å². The first-order chi connectivity index (χ1) is 14.1. The third kappa shape index (κ3) is 5.65. The fraction of sp³-hybridized carbons (Fsp3) is 0.250. The summed E-state index contributed by atoms with van der Waals surface area (Å²) in [6, 6.07) is 23.7. The summed E-state index contributed by atoms with van der Waals surface area (Å²) in [5.74, 6) is -0.167. The quantitative estimate of drug-likeness (QED) is 0.620. The Hall–Kier alpha value is -3.18. The average Bonchev–Trinajstić information content (AvgIpc) is 2.75. The van der Waals surface area contributed by atoms with Crippen LogP contribution in [0.1, 0.15) is 30.5 Å². The summed E-state index contributed by atoms with van der Waals surface area (Å²) in [7, 11) is 0. The third-order valence-electron chi connectivity index (χ3n) is 5.02. The first-order valence-electron chi connectivity index (χ1n) is 9.84. The van der Waals surface area contributed by atoms with Crippen molar-refractivity contribution in [1.29, 1.82) is 0 Å². The highest BCUT2D eigenvalue weighted by Crippen LogP contribution is 2.20. The Bertz CT molecular complexity index is 972. The Morgan fingerprint density at radius 3 is 2.34 bits per heavy atom. The second kappa shape index (κ2) is 9.85. The summed E-state index contributed by atoms with van der Waals surface area (Å²) in [5.41, 5.74) is 7.94. The molecule has 150 valence electrons. The zero-order chi connectivity index (χ0) is 20.6. The molecule has 0 saturated carbocycles. The van der Waals surface area contributed by atoms with Crippen molar-refractivity contribution in [3.8, 4) is 0 Å². The van der Waals surface area contributed by atoms with Crippen LogP contribution in [0.25, 0.3) is 10.8 Å². The van der Waals surface area contributed by atoms with Gasteiger partial charge in [-0.3, -0.25) is 9.59 Å². The Morgan fingerprint density at radius 2 is 1.66 bits per heavy atom. The van der Waals surface area contributed by atoms with Crippen molar-refractivity contribution in [2.24, 2.45) is 5.73 Å². The van der Waals surface area contributed by atoms with E-state index in [0.717, 1.165) is 21.9 Å². The maximum atomic E-state index is 12.5. The molecule has 0 radical (unpaired) electrons. The lowest BCUT2D eigenvalue weighted by atomic mass is 10.0. The molecule has 0 fully saturated rings. The van der Waals surface area contributed by atoms with E-state index in [4.69, 9.17) is 5.73 Å². The van der Waals surface area contributed by atoms with Crippen LogP contribution in [-0.4, -0.2) is 29.8 Å². The molecular formula is C24H27N3O2. The molecule has 3 N–H and O–H groups in total. The fourth-order valence-corrected chi connectivity index (χ4v) is 3.36. The Labute approximate surface area is 171 Å². The highest BCUT2D eigenvalue weighted by molar-refractivity contribution is 5.83. The van der Waals surface area contributed by atoms with Gasteiger partial charge in [-0.25, -0.2) is 0 Å². The number of nitrogens with zero attached hydrogens (tertiary/aromatic N) is 1.